The molecule has 0 aromatic heterocycles. The molecule has 76 valence electrons. The third-order valence-electron chi connectivity index (χ3n) is 2.26. The molecule has 1 unspecified atom stereocenters. The van der Waals surface area contributed by atoms with Gasteiger partial charge in [-0.15, -0.1) is 0 Å². The van der Waals surface area contributed by atoms with Gasteiger partial charge in [-0.1, -0.05) is 0 Å². The van der Waals surface area contributed by atoms with E-state index in [1.54, 1.807) is 0 Å². The van der Waals surface area contributed by atoms with E-state index in [0.29, 0.717) is 0 Å². The van der Waals surface area contributed by atoms with Crippen LogP contribution in [0.5, 0.6) is 0 Å². The molecule has 0 aromatic rings. The van der Waals surface area contributed by atoms with Crippen molar-refractivity contribution in [3.63, 3.8) is 0 Å². The van der Waals surface area contributed by atoms with Gasteiger partial charge in [0.05, 0.1) is 0 Å². The Labute approximate surface area is 92.4 Å². The van der Waals surface area contributed by atoms with E-state index in [2.05, 4.69) is 17.6 Å². The summed E-state index contributed by atoms with van der Waals surface area (Å²) in [6, 6.07) is 0. The average molecular weight is 242 g/mol. The van der Waals surface area contributed by atoms with E-state index < -0.39 is 0 Å². The monoisotopic (exact) mass is 242 g/mol. The number of rotatable bonds is 8. The quantitative estimate of drug-likeness (QED) is 0.348. The molecular weight excluding hydrogens is 219 g/mol. The summed E-state index contributed by atoms with van der Waals surface area (Å²) in [6.45, 7) is 2.27. The Balaban J connectivity index is 2.86. The fraction of sp³-hybridized carbons (Fsp3) is 0.833. The van der Waals surface area contributed by atoms with E-state index in [9.17, 15) is 0 Å². The van der Waals surface area contributed by atoms with Crippen LogP contribution in [0, 0.1) is 10.6 Å². The van der Waals surface area contributed by atoms with Crippen LogP contribution in [0.25, 0.3) is 0 Å². The second kappa shape index (κ2) is 12.1. The van der Waals surface area contributed by atoms with Crippen molar-refractivity contribution in [2.24, 2.45) is 0 Å². The van der Waals surface area contributed by atoms with Crippen LogP contribution in [0.2, 0.25) is 0 Å². The Kier molecular flexibility index (Phi) is 12.2. The molecule has 0 aliphatic rings. The molecule has 0 saturated heterocycles. The van der Waals surface area contributed by atoms with E-state index >= 15 is 0 Å². The van der Waals surface area contributed by atoms with Gasteiger partial charge in [0, 0.05) is 0 Å². The summed E-state index contributed by atoms with van der Waals surface area (Å²) in [5, 5.41) is 0. The Morgan fingerprint density at radius 3 is 1.92 bits per heavy atom. The van der Waals surface area contributed by atoms with Gasteiger partial charge in [-0.2, -0.15) is 0 Å². The van der Waals surface area contributed by atoms with Crippen molar-refractivity contribution in [1.82, 2.24) is 0 Å². The molecule has 0 aliphatic heterocycles. The van der Waals surface area contributed by atoms with Crippen LogP contribution in [0.1, 0.15) is 64.7 Å². The SMILES string of the molecule is CCCCCCCCCCC#C[AsH2]. The van der Waals surface area contributed by atoms with Gasteiger partial charge in [0.1, 0.15) is 0 Å². The van der Waals surface area contributed by atoms with Gasteiger partial charge in [-0.05, 0) is 0 Å². The Morgan fingerprint density at radius 1 is 0.846 bits per heavy atom. The van der Waals surface area contributed by atoms with Crippen LogP contribution in [0.4, 0.5) is 0 Å². The van der Waals surface area contributed by atoms with E-state index in [0.717, 1.165) is 6.42 Å². The van der Waals surface area contributed by atoms with Gasteiger partial charge >= 0.3 is 92.2 Å². The predicted molar refractivity (Wildman–Crippen MR) is 63.5 cm³/mol. The first-order chi connectivity index (χ1) is 6.41. The Morgan fingerprint density at radius 2 is 1.38 bits per heavy atom. The Bertz CT molecular complexity index is 141. The van der Waals surface area contributed by atoms with Gasteiger partial charge in [-0.3, -0.25) is 0 Å². The molecule has 0 amide bonds. The zero-order valence-corrected chi connectivity index (χ0v) is 11.4. The molecule has 0 N–H and O–H groups in total. The molecule has 0 saturated carbocycles. The molecule has 0 rings (SSSR count). The van der Waals surface area contributed by atoms with E-state index in [4.69, 9.17) is 0 Å². The first-order valence-electron chi connectivity index (χ1n) is 5.60. The van der Waals surface area contributed by atoms with E-state index in [1.165, 1.54) is 68.2 Å². The van der Waals surface area contributed by atoms with Gasteiger partial charge in [0.2, 0.25) is 0 Å². The number of hydrogen-bond acceptors (Lipinski definition) is 0. The minimum absolute atomic E-state index is 1.12. The topological polar surface area (TPSA) is 0 Å². The summed E-state index contributed by atoms with van der Waals surface area (Å²) in [6.07, 6.45) is 12.3. The van der Waals surface area contributed by atoms with Gasteiger partial charge in [0.25, 0.3) is 0 Å². The molecule has 0 fully saturated rings. The number of unbranched alkanes of at least 4 members (excludes halogenated alkanes) is 8. The zero-order chi connectivity index (χ0) is 9.78. The van der Waals surface area contributed by atoms with Crippen LogP contribution < -0.4 is 0 Å². The zero-order valence-electron chi connectivity index (χ0n) is 8.94. The van der Waals surface area contributed by atoms with Gasteiger partial charge in [-0.25, -0.2) is 0 Å². The van der Waals surface area contributed by atoms with Gasteiger partial charge < -0.3 is 0 Å². The summed E-state index contributed by atoms with van der Waals surface area (Å²) in [4.78, 5) is 0. The maximum absolute atomic E-state index is 3.14. The van der Waals surface area contributed by atoms with E-state index in [-0.39, 0.29) is 0 Å². The molecule has 0 radical (unpaired) electrons. The minimum atomic E-state index is 1.12. The van der Waals surface area contributed by atoms with Crippen molar-refractivity contribution < 1.29 is 0 Å². The summed E-state index contributed by atoms with van der Waals surface area (Å²) in [5.74, 6) is 3.14. The molecule has 0 spiro atoms. The number of hydrogen-bond donors (Lipinski definition) is 0. The molecule has 13 heavy (non-hydrogen) atoms. The fourth-order valence-electron chi connectivity index (χ4n) is 1.42. The van der Waals surface area contributed by atoms with Crippen LogP contribution >= 0.6 is 0 Å². The molecule has 0 bridgehead atoms. The normalized spacial score (nSPS) is 9.38. The molecule has 0 aliphatic carbocycles. The Hall–Kier alpha value is 0.118. The standard InChI is InChI=1S/C12H23As/c1-2-3-4-5-6-7-8-9-10-11-12-13/h2-10,13H2,1H3. The van der Waals surface area contributed by atoms with Crippen molar-refractivity contribution in [3.8, 4) is 10.6 Å². The van der Waals surface area contributed by atoms with Crippen LogP contribution in [-0.4, -0.2) is 16.9 Å². The molecule has 0 nitrogen and oxygen atoms in total. The molecule has 0 heterocycles. The summed E-state index contributed by atoms with van der Waals surface area (Å²) in [7, 11) is 0. The molecular formula is C12H23As. The van der Waals surface area contributed by atoms with Crippen molar-refractivity contribution in [1.29, 1.82) is 0 Å². The predicted octanol–water partition coefficient (Wildman–Crippen LogP) is 3.11. The third-order valence-corrected chi connectivity index (χ3v) is 2.69. The van der Waals surface area contributed by atoms with Crippen molar-refractivity contribution in [2.75, 3.05) is 0 Å². The van der Waals surface area contributed by atoms with Crippen LogP contribution in [-0.2, 0) is 0 Å². The first-order valence-corrected chi connectivity index (χ1v) is 6.81. The summed E-state index contributed by atoms with van der Waals surface area (Å²) < 4.78 is 3.00. The fourth-order valence-corrected chi connectivity index (χ4v) is 1.72. The second-order valence-corrected chi connectivity index (χ2v) is 4.15. The summed E-state index contributed by atoms with van der Waals surface area (Å²) in [5.41, 5.74) is 0. The summed E-state index contributed by atoms with van der Waals surface area (Å²) >= 11 is 1.53. The van der Waals surface area contributed by atoms with Crippen molar-refractivity contribution >= 4 is 16.9 Å². The van der Waals surface area contributed by atoms with E-state index in [1.807, 2.05) is 0 Å². The second-order valence-electron chi connectivity index (χ2n) is 3.55. The van der Waals surface area contributed by atoms with Crippen molar-refractivity contribution in [2.45, 2.75) is 64.7 Å². The first kappa shape index (κ1) is 13.1. The van der Waals surface area contributed by atoms with Crippen LogP contribution in [0.15, 0.2) is 0 Å². The molecule has 0 aromatic carbocycles. The average Bonchev–Trinajstić information content (AvgIpc) is 2.16. The third kappa shape index (κ3) is 12.1. The van der Waals surface area contributed by atoms with Gasteiger partial charge in [0.15, 0.2) is 0 Å². The van der Waals surface area contributed by atoms with Crippen molar-refractivity contribution in [3.05, 3.63) is 0 Å². The molecule has 1 heteroatoms. The molecule has 1 atom stereocenters. The van der Waals surface area contributed by atoms with Crippen LogP contribution in [0.3, 0.4) is 0 Å². The maximum atomic E-state index is 3.14.